The van der Waals surface area contributed by atoms with Crippen LogP contribution in [0.3, 0.4) is 0 Å². The van der Waals surface area contributed by atoms with Crippen LogP contribution >= 0.6 is 15.9 Å². The van der Waals surface area contributed by atoms with Gasteiger partial charge in [-0.3, -0.25) is 0 Å². The molecule has 3 rings (SSSR count). The van der Waals surface area contributed by atoms with Crippen LogP contribution in [0.4, 0.5) is 0 Å². The molecule has 5 heteroatoms. The number of benzene rings is 1. The zero-order valence-electron chi connectivity index (χ0n) is 15.0. The maximum Gasteiger partial charge on any atom is 0.167 e. The summed E-state index contributed by atoms with van der Waals surface area (Å²) in [6, 6.07) is 12.8. The standard InChI is InChI=1S/C20H26BrNO3/c1-3-24-20(23-2)13-11-19(12-14-20,16-7-5-4-6-8-16)10-9-17-15-18(21)22-25-17/h4-8,15H,3,9-14H2,1-2H3. The van der Waals surface area contributed by atoms with E-state index in [-0.39, 0.29) is 5.41 Å². The van der Waals surface area contributed by atoms with Crippen molar-refractivity contribution in [3.05, 3.63) is 52.3 Å². The highest BCUT2D eigenvalue weighted by atomic mass is 79.9. The second kappa shape index (κ2) is 8.02. The van der Waals surface area contributed by atoms with E-state index in [1.807, 2.05) is 13.0 Å². The number of aromatic nitrogens is 1. The summed E-state index contributed by atoms with van der Waals surface area (Å²) in [5, 5.41) is 3.94. The van der Waals surface area contributed by atoms with Crippen molar-refractivity contribution in [2.45, 2.75) is 56.7 Å². The number of nitrogens with zero attached hydrogens (tertiary/aromatic N) is 1. The number of methoxy groups -OCH3 is 1. The summed E-state index contributed by atoms with van der Waals surface area (Å²) in [6.07, 6.45) is 5.81. The second-order valence-corrected chi connectivity index (χ2v) is 7.62. The Bertz CT molecular complexity index is 663. The molecule has 2 aromatic rings. The molecule has 0 unspecified atom stereocenters. The molecule has 0 saturated heterocycles. The Morgan fingerprint density at radius 2 is 1.88 bits per heavy atom. The Labute approximate surface area is 158 Å². The summed E-state index contributed by atoms with van der Waals surface area (Å²) in [4.78, 5) is 0. The van der Waals surface area contributed by atoms with Gasteiger partial charge in [0.25, 0.3) is 0 Å². The highest BCUT2D eigenvalue weighted by Gasteiger charge is 2.44. The third-order valence-electron chi connectivity index (χ3n) is 5.51. The lowest BCUT2D eigenvalue weighted by Gasteiger charge is -2.46. The maximum absolute atomic E-state index is 5.96. The van der Waals surface area contributed by atoms with E-state index in [1.165, 1.54) is 5.56 Å². The minimum Gasteiger partial charge on any atom is -0.360 e. The fourth-order valence-electron chi connectivity index (χ4n) is 4.02. The average Bonchev–Trinajstić information content (AvgIpc) is 3.08. The van der Waals surface area contributed by atoms with Gasteiger partial charge in [-0.1, -0.05) is 35.5 Å². The Hall–Kier alpha value is -1.17. The van der Waals surface area contributed by atoms with Crippen LogP contribution in [-0.4, -0.2) is 24.7 Å². The van der Waals surface area contributed by atoms with Crippen LogP contribution in [0, 0.1) is 0 Å². The highest BCUT2D eigenvalue weighted by Crippen LogP contribution is 2.47. The molecule has 0 amide bonds. The van der Waals surface area contributed by atoms with Gasteiger partial charge in [-0.25, -0.2) is 0 Å². The van der Waals surface area contributed by atoms with Gasteiger partial charge >= 0.3 is 0 Å². The first-order chi connectivity index (χ1) is 12.1. The topological polar surface area (TPSA) is 44.5 Å². The molecule has 25 heavy (non-hydrogen) atoms. The van der Waals surface area contributed by atoms with Crippen molar-refractivity contribution < 1.29 is 14.0 Å². The molecular formula is C20H26BrNO3. The van der Waals surface area contributed by atoms with Gasteiger partial charge in [-0.05, 0) is 53.1 Å². The van der Waals surface area contributed by atoms with Crippen LogP contribution in [0.2, 0.25) is 0 Å². The average molecular weight is 408 g/mol. The smallest absolute Gasteiger partial charge is 0.167 e. The van der Waals surface area contributed by atoms with E-state index in [2.05, 4.69) is 51.4 Å². The Balaban J connectivity index is 1.79. The van der Waals surface area contributed by atoms with Crippen molar-refractivity contribution in [1.82, 2.24) is 5.16 Å². The molecule has 1 fully saturated rings. The summed E-state index contributed by atoms with van der Waals surface area (Å²) in [5.74, 6) is 0.498. The lowest BCUT2D eigenvalue weighted by molar-refractivity contribution is -0.242. The molecule has 0 bridgehead atoms. The van der Waals surface area contributed by atoms with Gasteiger partial charge in [0.05, 0.1) is 0 Å². The Morgan fingerprint density at radius 3 is 2.44 bits per heavy atom. The predicted octanol–water partition coefficient (Wildman–Crippen LogP) is 5.26. The number of ether oxygens (including phenoxy) is 2. The van der Waals surface area contributed by atoms with Crippen molar-refractivity contribution in [3.63, 3.8) is 0 Å². The van der Waals surface area contributed by atoms with Crippen LogP contribution in [0.1, 0.15) is 50.4 Å². The van der Waals surface area contributed by atoms with Gasteiger partial charge in [-0.2, -0.15) is 0 Å². The first-order valence-corrected chi connectivity index (χ1v) is 9.76. The van der Waals surface area contributed by atoms with E-state index in [9.17, 15) is 0 Å². The molecule has 0 spiro atoms. The fraction of sp³-hybridized carbons (Fsp3) is 0.550. The van der Waals surface area contributed by atoms with E-state index >= 15 is 0 Å². The van der Waals surface area contributed by atoms with Crippen LogP contribution in [0.25, 0.3) is 0 Å². The van der Waals surface area contributed by atoms with E-state index in [4.69, 9.17) is 14.0 Å². The molecule has 0 N–H and O–H groups in total. The largest absolute Gasteiger partial charge is 0.360 e. The Morgan fingerprint density at radius 1 is 1.16 bits per heavy atom. The van der Waals surface area contributed by atoms with Crippen molar-refractivity contribution >= 4 is 15.9 Å². The fourth-order valence-corrected chi connectivity index (χ4v) is 4.35. The quantitative estimate of drug-likeness (QED) is 0.587. The first kappa shape index (κ1) is 18.6. The van der Waals surface area contributed by atoms with Crippen molar-refractivity contribution in [1.29, 1.82) is 0 Å². The maximum atomic E-state index is 5.96. The summed E-state index contributed by atoms with van der Waals surface area (Å²) >= 11 is 3.36. The molecule has 1 aromatic heterocycles. The monoisotopic (exact) mass is 407 g/mol. The lowest BCUT2D eigenvalue weighted by atomic mass is 9.65. The Kier molecular flexibility index (Phi) is 5.97. The van der Waals surface area contributed by atoms with Crippen molar-refractivity contribution in [2.24, 2.45) is 0 Å². The van der Waals surface area contributed by atoms with E-state index in [0.29, 0.717) is 6.61 Å². The minimum absolute atomic E-state index is 0.125. The number of hydrogen-bond acceptors (Lipinski definition) is 4. The number of hydrogen-bond donors (Lipinski definition) is 0. The second-order valence-electron chi connectivity index (χ2n) is 6.81. The molecular weight excluding hydrogens is 382 g/mol. The zero-order valence-corrected chi connectivity index (χ0v) is 16.5. The molecule has 1 saturated carbocycles. The zero-order chi connectivity index (χ0) is 17.8. The first-order valence-electron chi connectivity index (χ1n) is 8.97. The molecule has 1 aliphatic rings. The molecule has 1 heterocycles. The van der Waals surface area contributed by atoms with Gasteiger partial charge in [0.2, 0.25) is 0 Å². The number of aryl methyl sites for hydroxylation is 1. The predicted molar refractivity (Wildman–Crippen MR) is 100 cm³/mol. The van der Waals surface area contributed by atoms with Crippen molar-refractivity contribution in [3.8, 4) is 0 Å². The SMILES string of the molecule is CCOC1(OC)CCC(CCc2cc(Br)no2)(c2ccccc2)CC1. The van der Waals surface area contributed by atoms with E-state index < -0.39 is 5.79 Å². The summed E-state index contributed by atoms with van der Waals surface area (Å²) in [5.41, 5.74) is 1.52. The lowest BCUT2D eigenvalue weighted by Crippen LogP contribution is -2.44. The third kappa shape index (κ3) is 4.15. The van der Waals surface area contributed by atoms with Gasteiger partial charge < -0.3 is 14.0 Å². The van der Waals surface area contributed by atoms with E-state index in [1.54, 1.807) is 7.11 Å². The molecule has 0 aliphatic heterocycles. The molecule has 4 nitrogen and oxygen atoms in total. The van der Waals surface area contributed by atoms with Crippen LogP contribution in [0.5, 0.6) is 0 Å². The molecule has 0 atom stereocenters. The molecule has 1 aromatic carbocycles. The van der Waals surface area contributed by atoms with Crippen LogP contribution in [0.15, 0.2) is 45.5 Å². The van der Waals surface area contributed by atoms with E-state index in [0.717, 1.165) is 48.9 Å². The van der Waals surface area contributed by atoms with Gasteiger partial charge in [0.15, 0.2) is 5.79 Å². The number of rotatable bonds is 7. The molecule has 1 aliphatic carbocycles. The van der Waals surface area contributed by atoms with Crippen molar-refractivity contribution in [2.75, 3.05) is 13.7 Å². The minimum atomic E-state index is -0.428. The summed E-state index contributed by atoms with van der Waals surface area (Å²) < 4.78 is 17.9. The number of halogens is 1. The molecule has 136 valence electrons. The third-order valence-corrected chi connectivity index (χ3v) is 5.89. The highest BCUT2D eigenvalue weighted by molar-refractivity contribution is 9.10. The van der Waals surface area contributed by atoms with Gasteiger partial charge in [-0.15, -0.1) is 0 Å². The summed E-state index contributed by atoms with van der Waals surface area (Å²) in [7, 11) is 1.76. The van der Waals surface area contributed by atoms with Gasteiger partial charge in [0.1, 0.15) is 10.4 Å². The normalized spacial score (nSPS) is 26.7. The van der Waals surface area contributed by atoms with Crippen LogP contribution in [-0.2, 0) is 21.3 Å². The van der Waals surface area contributed by atoms with Gasteiger partial charge in [0, 0.05) is 39.0 Å². The molecule has 0 radical (unpaired) electrons. The summed E-state index contributed by atoms with van der Waals surface area (Å²) in [6.45, 7) is 2.71. The van der Waals surface area contributed by atoms with Crippen LogP contribution < -0.4 is 0 Å².